The minimum absolute atomic E-state index is 0.0943. The van der Waals surface area contributed by atoms with Crippen LogP contribution in [-0.2, 0) is 16.0 Å². The van der Waals surface area contributed by atoms with Gasteiger partial charge in [0.25, 0.3) is 0 Å². The monoisotopic (exact) mass is 358 g/mol. The molecule has 0 bridgehead atoms. The van der Waals surface area contributed by atoms with Gasteiger partial charge in [-0.25, -0.2) is 0 Å². The topological polar surface area (TPSA) is 67.4 Å². The fourth-order valence-corrected chi connectivity index (χ4v) is 2.92. The number of anilines is 1. The Balaban J connectivity index is 1.52. The minimum Gasteiger partial charge on any atom is -0.492 e. The second-order valence-electron chi connectivity index (χ2n) is 6.00. The van der Waals surface area contributed by atoms with E-state index in [1.807, 2.05) is 31.2 Å². The number of para-hydroxylation sites is 1. The highest BCUT2D eigenvalue weighted by Gasteiger charge is 2.25. The van der Waals surface area contributed by atoms with Gasteiger partial charge in [0.05, 0.1) is 12.5 Å². The Morgan fingerprint density at radius 3 is 2.84 bits per heavy atom. The third kappa shape index (κ3) is 4.12. The Kier molecular flexibility index (Phi) is 5.24. The van der Waals surface area contributed by atoms with Gasteiger partial charge in [0.15, 0.2) is 0 Å². The Morgan fingerprint density at radius 2 is 2.00 bits per heavy atom. The molecule has 2 aromatic carbocycles. The number of amides is 2. The molecule has 1 heterocycles. The normalized spacial score (nSPS) is 15.7. The van der Waals surface area contributed by atoms with Gasteiger partial charge in [0, 0.05) is 10.7 Å². The molecule has 1 aliphatic rings. The molecule has 2 aromatic rings. The lowest BCUT2D eigenvalue weighted by molar-refractivity contribution is -0.128. The summed E-state index contributed by atoms with van der Waals surface area (Å²) in [4.78, 5) is 24.4. The molecule has 0 fully saturated rings. The molecule has 0 saturated heterocycles. The molecule has 25 heavy (non-hydrogen) atoms. The third-order valence-electron chi connectivity index (χ3n) is 4.21. The molecule has 0 aromatic heterocycles. The van der Waals surface area contributed by atoms with Gasteiger partial charge in [-0.3, -0.25) is 9.59 Å². The zero-order chi connectivity index (χ0) is 17.8. The van der Waals surface area contributed by atoms with E-state index in [-0.39, 0.29) is 24.3 Å². The molecule has 6 heteroatoms. The molecule has 0 aliphatic carbocycles. The lowest BCUT2D eigenvalue weighted by Crippen LogP contribution is -2.40. The zero-order valence-electron chi connectivity index (χ0n) is 13.8. The fraction of sp³-hybridized carbons (Fsp3) is 0.263. The van der Waals surface area contributed by atoms with E-state index in [0.29, 0.717) is 23.7 Å². The molecule has 2 N–H and O–H groups in total. The van der Waals surface area contributed by atoms with E-state index in [1.165, 1.54) is 0 Å². The van der Waals surface area contributed by atoms with E-state index >= 15 is 0 Å². The molecular formula is C19H19ClN2O3. The second-order valence-corrected chi connectivity index (χ2v) is 6.41. The number of carbonyl (C=O) groups excluding carboxylic acids is 2. The molecule has 0 spiro atoms. The SMILES string of the molecule is Cc1c(Cl)cccc1NC(=O)CNC(=O)C1COc2ccccc2C1. The Morgan fingerprint density at radius 1 is 1.20 bits per heavy atom. The first-order valence-electron chi connectivity index (χ1n) is 8.08. The summed E-state index contributed by atoms with van der Waals surface area (Å²) in [6.07, 6.45) is 0.608. The number of benzene rings is 2. The molecule has 1 unspecified atom stereocenters. The van der Waals surface area contributed by atoms with E-state index in [1.54, 1.807) is 18.2 Å². The van der Waals surface area contributed by atoms with Crippen LogP contribution in [0.5, 0.6) is 5.75 Å². The standard InChI is InChI=1S/C19H19ClN2O3/c1-12-15(20)6-4-7-16(12)22-18(23)10-21-19(24)14-9-13-5-2-3-8-17(13)25-11-14/h2-8,14H,9-11H2,1H3,(H,21,24)(H,22,23). The van der Waals surface area contributed by atoms with Gasteiger partial charge in [0.1, 0.15) is 12.4 Å². The molecule has 0 saturated carbocycles. The summed E-state index contributed by atoms with van der Waals surface area (Å²) in [5.74, 6) is 0.0413. The summed E-state index contributed by atoms with van der Waals surface area (Å²) in [7, 11) is 0. The van der Waals surface area contributed by atoms with Crippen LogP contribution in [0.4, 0.5) is 5.69 Å². The van der Waals surface area contributed by atoms with Crippen molar-refractivity contribution in [2.45, 2.75) is 13.3 Å². The van der Waals surface area contributed by atoms with Crippen LogP contribution < -0.4 is 15.4 Å². The Labute approximate surface area is 151 Å². The summed E-state index contributed by atoms with van der Waals surface area (Å²) < 4.78 is 5.61. The first-order valence-corrected chi connectivity index (χ1v) is 8.46. The maximum absolute atomic E-state index is 12.3. The minimum atomic E-state index is -0.296. The lowest BCUT2D eigenvalue weighted by atomic mass is 9.96. The van der Waals surface area contributed by atoms with Gasteiger partial charge in [0.2, 0.25) is 11.8 Å². The largest absolute Gasteiger partial charge is 0.492 e. The fourth-order valence-electron chi connectivity index (χ4n) is 2.75. The molecule has 2 amide bonds. The Hall–Kier alpha value is -2.53. The van der Waals surface area contributed by atoms with E-state index in [4.69, 9.17) is 16.3 Å². The molecule has 5 nitrogen and oxygen atoms in total. The highest BCUT2D eigenvalue weighted by Crippen LogP contribution is 2.27. The van der Waals surface area contributed by atoms with Crippen LogP contribution in [0.25, 0.3) is 0 Å². The van der Waals surface area contributed by atoms with Crippen LogP contribution in [-0.4, -0.2) is 25.0 Å². The quantitative estimate of drug-likeness (QED) is 0.883. The van der Waals surface area contributed by atoms with Crippen molar-refractivity contribution in [1.29, 1.82) is 0 Å². The van der Waals surface area contributed by atoms with Gasteiger partial charge in [-0.05, 0) is 42.7 Å². The van der Waals surface area contributed by atoms with Gasteiger partial charge < -0.3 is 15.4 Å². The van der Waals surface area contributed by atoms with E-state index in [2.05, 4.69) is 10.6 Å². The van der Waals surface area contributed by atoms with Crippen LogP contribution in [0.1, 0.15) is 11.1 Å². The summed E-state index contributed by atoms with van der Waals surface area (Å²) in [5, 5.41) is 6.01. The maximum atomic E-state index is 12.3. The number of nitrogens with one attached hydrogen (secondary N) is 2. The smallest absolute Gasteiger partial charge is 0.243 e. The van der Waals surface area contributed by atoms with Crippen LogP contribution in [0.2, 0.25) is 5.02 Å². The first kappa shape index (κ1) is 17.3. The Bertz CT molecular complexity index is 807. The average molecular weight is 359 g/mol. The van der Waals surface area contributed by atoms with Crippen LogP contribution in [0.15, 0.2) is 42.5 Å². The summed E-state index contributed by atoms with van der Waals surface area (Å²) in [5.41, 5.74) is 2.44. The first-order chi connectivity index (χ1) is 12.0. The summed E-state index contributed by atoms with van der Waals surface area (Å²) >= 11 is 6.03. The zero-order valence-corrected chi connectivity index (χ0v) is 14.6. The van der Waals surface area contributed by atoms with Crippen molar-refractivity contribution < 1.29 is 14.3 Å². The molecule has 0 radical (unpaired) electrons. The van der Waals surface area contributed by atoms with Crippen molar-refractivity contribution in [3.63, 3.8) is 0 Å². The van der Waals surface area contributed by atoms with Crippen molar-refractivity contribution in [3.05, 3.63) is 58.6 Å². The van der Waals surface area contributed by atoms with Crippen molar-refractivity contribution in [2.24, 2.45) is 5.92 Å². The van der Waals surface area contributed by atoms with Crippen molar-refractivity contribution in [3.8, 4) is 5.75 Å². The second kappa shape index (κ2) is 7.57. The van der Waals surface area contributed by atoms with E-state index in [0.717, 1.165) is 16.9 Å². The van der Waals surface area contributed by atoms with Crippen molar-refractivity contribution in [2.75, 3.05) is 18.5 Å². The van der Waals surface area contributed by atoms with Crippen LogP contribution >= 0.6 is 11.6 Å². The third-order valence-corrected chi connectivity index (χ3v) is 4.62. The van der Waals surface area contributed by atoms with Crippen molar-refractivity contribution >= 4 is 29.1 Å². The predicted octanol–water partition coefficient (Wildman–Crippen LogP) is 2.95. The number of carbonyl (C=O) groups is 2. The van der Waals surface area contributed by atoms with Gasteiger partial charge in [-0.15, -0.1) is 0 Å². The summed E-state index contributed by atoms with van der Waals surface area (Å²) in [6, 6.07) is 13.0. The number of halogens is 1. The van der Waals surface area contributed by atoms with Gasteiger partial charge >= 0.3 is 0 Å². The summed E-state index contributed by atoms with van der Waals surface area (Å²) in [6.45, 7) is 2.05. The van der Waals surface area contributed by atoms with Crippen molar-refractivity contribution in [1.82, 2.24) is 5.32 Å². The van der Waals surface area contributed by atoms with Gasteiger partial charge in [-0.2, -0.15) is 0 Å². The number of fused-ring (bicyclic) bond motifs is 1. The molecule has 1 atom stereocenters. The van der Waals surface area contributed by atoms with Gasteiger partial charge in [-0.1, -0.05) is 35.9 Å². The molecule has 3 rings (SSSR count). The number of hydrogen-bond acceptors (Lipinski definition) is 3. The number of rotatable bonds is 4. The number of hydrogen-bond donors (Lipinski definition) is 2. The highest BCUT2D eigenvalue weighted by atomic mass is 35.5. The van der Waals surface area contributed by atoms with E-state index < -0.39 is 0 Å². The average Bonchev–Trinajstić information content (AvgIpc) is 2.63. The molecular weight excluding hydrogens is 340 g/mol. The predicted molar refractivity (Wildman–Crippen MR) is 97.0 cm³/mol. The molecule has 1 aliphatic heterocycles. The lowest BCUT2D eigenvalue weighted by Gasteiger charge is -2.24. The van der Waals surface area contributed by atoms with Crippen LogP contribution in [0, 0.1) is 12.8 Å². The number of ether oxygens (including phenoxy) is 1. The maximum Gasteiger partial charge on any atom is 0.243 e. The molecule has 130 valence electrons. The van der Waals surface area contributed by atoms with Crippen LogP contribution in [0.3, 0.4) is 0 Å². The van der Waals surface area contributed by atoms with E-state index in [9.17, 15) is 9.59 Å². The highest BCUT2D eigenvalue weighted by molar-refractivity contribution is 6.31.